The molecule has 26 heavy (non-hydrogen) atoms. The van der Waals surface area contributed by atoms with E-state index < -0.39 is 0 Å². The second-order valence-electron chi connectivity index (χ2n) is 6.78. The van der Waals surface area contributed by atoms with E-state index in [1.54, 1.807) is 14.0 Å². The summed E-state index contributed by atoms with van der Waals surface area (Å²) in [5.41, 5.74) is 3.90. The lowest BCUT2D eigenvalue weighted by atomic mass is 9.94. The monoisotopic (exact) mass is 355 g/mol. The van der Waals surface area contributed by atoms with Gasteiger partial charge in [0.05, 0.1) is 26.3 Å². The second kappa shape index (κ2) is 6.53. The van der Waals surface area contributed by atoms with E-state index in [2.05, 4.69) is 18.4 Å². The molecule has 0 amide bonds. The van der Waals surface area contributed by atoms with Crippen molar-refractivity contribution >= 4 is 11.5 Å². The molecule has 0 fully saturated rings. The van der Waals surface area contributed by atoms with Crippen LogP contribution in [0.4, 0.5) is 5.69 Å². The van der Waals surface area contributed by atoms with Crippen LogP contribution in [0.2, 0.25) is 0 Å². The first-order valence-electron chi connectivity index (χ1n) is 8.77. The number of quaternary nitrogens is 1. The summed E-state index contributed by atoms with van der Waals surface area (Å²) < 4.78 is 16.9. The number of ether oxygens (including phenoxy) is 3. The van der Waals surface area contributed by atoms with Gasteiger partial charge >= 0.3 is 0 Å². The molecule has 0 saturated carbocycles. The van der Waals surface area contributed by atoms with Crippen LogP contribution in [0.25, 0.3) is 0 Å². The highest BCUT2D eigenvalue weighted by Gasteiger charge is 2.36. The summed E-state index contributed by atoms with van der Waals surface area (Å²) in [6, 6.07) is 9.66. The van der Waals surface area contributed by atoms with Gasteiger partial charge in [-0.1, -0.05) is 12.1 Å². The summed E-state index contributed by atoms with van der Waals surface area (Å²) in [4.78, 5) is 13.0. The van der Waals surface area contributed by atoms with Gasteiger partial charge in [-0.05, 0) is 30.7 Å². The van der Waals surface area contributed by atoms with Crippen LogP contribution < -0.4 is 24.4 Å². The van der Waals surface area contributed by atoms with Crippen LogP contribution in [-0.4, -0.2) is 33.3 Å². The number of carbonyl (C=O) groups is 1. The minimum atomic E-state index is -0.00888. The Morgan fingerprint density at radius 3 is 2.92 bits per heavy atom. The van der Waals surface area contributed by atoms with Gasteiger partial charge in [-0.2, -0.15) is 0 Å². The van der Waals surface area contributed by atoms with E-state index in [0.29, 0.717) is 11.3 Å². The first-order chi connectivity index (χ1) is 12.6. The van der Waals surface area contributed by atoms with Crippen molar-refractivity contribution in [2.24, 2.45) is 0 Å². The van der Waals surface area contributed by atoms with Gasteiger partial charge in [0.15, 0.2) is 23.4 Å². The van der Waals surface area contributed by atoms with Crippen LogP contribution in [0, 0.1) is 0 Å². The van der Waals surface area contributed by atoms with Gasteiger partial charge in [0, 0.05) is 17.7 Å². The highest BCUT2D eigenvalue weighted by Crippen LogP contribution is 2.47. The van der Waals surface area contributed by atoms with Crippen LogP contribution in [0.5, 0.6) is 17.2 Å². The van der Waals surface area contributed by atoms with Crippen LogP contribution in [-0.2, 0) is 6.42 Å². The van der Waals surface area contributed by atoms with Crippen LogP contribution in [0.3, 0.4) is 0 Å². The Morgan fingerprint density at radius 1 is 1.31 bits per heavy atom. The molecule has 6 heteroatoms. The van der Waals surface area contributed by atoms with Gasteiger partial charge in [-0.15, -0.1) is 0 Å². The SMILES string of the molecule is COc1c2c(cc3c1[C@H](Nc1cccc(C(C)=O)c1)[NH+](C)CC3)OCO2. The van der Waals surface area contributed by atoms with Crippen molar-refractivity contribution in [2.45, 2.75) is 19.5 Å². The number of carbonyl (C=O) groups excluding carboxylic acids is 1. The zero-order valence-corrected chi connectivity index (χ0v) is 15.2. The lowest BCUT2D eigenvalue weighted by Gasteiger charge is -2.33. The average Bonchev–Trinajstić information content (AvgIpc) is 3.10. The fourth-order valence-electron chi connectivity index (χ4n) is 3.72. The number of nitrogens with one attached hydrogen (secondary N) is 2. The molecule has 2 N–H and O–H groups in total. The van der Waals surface area contributed by atoms with Crippen molar-refractivity contribution in [2.75, 3.05) is 32.8 Å². The normalized spacial score (nSPS) is 20.4. The number of hydrogen-bond donors (Lipinski definition) is 2. The molecular weight excluding hydrogens is 332 g/mol. The number of rotatable bonds is 4. The molecule has 2 aromatic carbocycles. The highest BCUT2D eigenvalue weighted by molar-refractivity contribution is 5.94. The number of likely N-dealkylation sites (N-methyl/N-ethyl adjacent to an activating group) is 1. The molecule has 2 aliphatic heterocycles. The summed E-state index contributed by atoms with van der Waals surface area (Å²) in [5, 5.41) is 3.58. The standard InChI is InChI=1S/C20H22N2O4/c1-12(23)13-5-4-6-15(9-13)21-20-17-14(7-8-22(20)2)10-16-18(19(17)24-3)26-11-25-16/h4-6,9-10,20-21H,7-8,11H2,1-3H3/p+1/t20-/m1/s1. The van der Waals surface area contributed by atoms with Crippen molar-refractivity contribution in [3.63, 3.8) is 0 Å². The third kappa shape index (κ3) is 2.76. The maximum Gasteiger partial charge on any atom is 0.231 e. The first-order valence-corrected chi connectivity index (χ1v) is 8.77. The molecule has 2 aliphatic rings. The Morgan fingerprint density at radius 2 is 2.15 bits per heavy atom. The molecule has 2 heterocycles. The van der Waals surface area contributed by atoms with E-state index in [1.165, 1.54) is 10.5 Å². The molecule has 2 atom stereocenters. The fraction of sp³-hybridized carbons (Fsp3) is 0.350. The summed E-state index contributed by atoms with van der Waals surface area (Å²) >= 11 is 0. The first kappa shape index (κ1) is 16.7. The number of Topliss-reactive ketones (excluding diaryl/α,β-unsaturated/α-hetero) is 1. The average molecular weight is 355 g/mol. The van der Waals surface area contributed by atoms with E-state index in [4.69, 9.17) is 14.2 Å². The Hall–Kier alpha value is -2.73. The fourth-order valence-corrected chi connectivity index (χ4v) is 3.72. The van der Waals surface area contributed by atoms with Crippen molar-refractivity contribution in [3.05, 3.63) is 47.0 Å². The topological polar surface area (TPSA) is 61.2 Å². The van der Waals surface area contributed by atoms with Crippen LogP contribution >= 0.6 is 0 Å². The zero-order chi connectivity index (χ0) is 18.3. The summed E-state index contributed by atoms with van der Waals surface area (Å²) in [6.07, 6.45) is 0.935. The van der Waals surface area contributed by atoms with Crippen molar-refractivity contribution in [3.8, 4) is 17.2 Å². The molecule has 2 aromatic rings. The second-order valence-corrected chi connectivity index (χ2v) is 6.78. The molecule has 4 rings (SSSR count). The Balaban J connectivity index is 1.76. The molecular formula is C20H23N2O4+. The minimum absolute atomic E-state index is 0.00888. The van der Waals surface area contributed by atoms with Gasteiger partial charge in [-0.3, -0.25) is 4.79 Å². The van der Waals surface area contributed by atoms with E-state index in [1.807, 2.05) is 24.3 Å². The summed E-state index contributed by atoms with van der Waals surface area (Å²) in [5.74, 6) is 2.20. The predicted octanol–water partition coefficient (Wildman–Crippen LogP) is 1.81. The third-order valence-electron chi connectivity index (χ3n) is 5.10. The number of benzene rings is 2. The Labute approximate surface area is 152 Å². The summed E-state index contributed by atoms with van der Waals surface area (Å²) in [7, 11) is 3.81. The lowest BCUT2D eigenvalue weighted by Crippen LogP contribution is -3.11. The number of ketones is 1. The van der Waals surface area contributed by atoms with Crippen LogP contribution in [0.1, 0.15) is 34.6 Å². The predicted molar refractivity (Wildman–Crippen MR) is 97.4 cm³/mol. The smallest absolute Gasteiger partial charge is 0.231 e. The zero-order valence-electron chi connectivity index (χ0n) is 15.2. The molecule has 1 unspecified atom stereocenters. The Bertz CT molecular complexity index is 865. The maximum atomic E-state index is 11.7. The number of anilines is 1. The minimum Gasteiger partial charge on any atom is -0.492 e. The molecule has 0 saturated heterocycles. The molecule has 0 aliphatic carbocycles. The lowest BCUT2D eigenvalue weighted by molar-refractivity contribution is -0.910. The third-order valence-corrected chi connectivity index (χ3v) is 5.10. The maximum absolute atomic E-state index is 11.7. The number of methoxy groups -OCH3 is 1. The Kier molecular flexibility index (Phi) is 4.20. The largest absolute Gasteiger partial charge is 0.492 e. The van der Waals surface area contributed by atoms with Gasteiger partial charge in [0.2, 0.25) is 12.5 Å². The van der Waals surface area contributed by atoms with Crippen molar-refractivity contribution in [1.29, 1.82) is 0 Å². The molecule has 136 valence electrons. The van der Waals surface area contributed by atoms with E-state index in [9.17, 15) is 4.79 Å². The number of fused-ring (bicyclic) bond motifs is 2. The molecule has 0 aromatic heterocycles. The van der Waals surface area contributed by atoms with Crippen LogP contribution in [0.15, 0.2) is 30.3 Å². The van der Waals surface area contributed by atoms with Crippen molar-refractivity contribution < 1.29 is 23.9 Å². The van der Waals surface area contributed by atoms with Gasteiger partial charge in [-0.25, -0.2) is 0 Å². The molecule has 0 radical (unpaired) electrons. The summed E-state index contributed by atoms with van der Waals surface area (Å²) in [6.45, 7) is 2.78. The highest BCUT2D eigenvalue weighted by atomic mass is 16.7. The van der Waals surface area contributed by atoms with E-state index >= 15 is 0 Å². The molecule has 0 bridgehead atoms. The molecule has 6 nitrogen and oxygen atoms in total. The molecule has 0 spiro atoms. The van der Waals surface area contributed by atoms with Crippen molar-refractivity contribution in [1.82, 2.24) is 0 Å². The quantitative estimate of drug-likeness (QED) is 0.819. The van der Waals surface area contributed by atoms with E-state index in [0.717, 1.165) is 35.7 Å². The van der Waals surface area contributed by atoms with Gasteiger partial charge in [0.25, 0.3) is 0 Å². The van der Waals surface area contributed by atoms with E-state index in [-0.39, 0.29) is 18.7 Å². The van der Waals surface area contributed by atoms with Gasteiger partial charge < -0.3 is 24.4 Å². The number of hydrogen-bond acceptors (Lipinski definition) is 5. The van der Waals surface area contributed by atoms with Gasteiger partial charge in [0.1, 0.15) is 0 Å².